The van der Waals surface area contributed by atoms with Crippen LogP contribution in [0.2, 0.25) is 0 Å². The third-order valence-corrected chi connectivity index (χ3v) is 5.47. The lowest BCUT2D eigenvalue weighted by molar-refractivity contribution is 0.0135. The van der Waals surface area contributed by atoms with E-state index in [1.807, 2.05) is 19.1 Å². The maximum Gasteiger partial charge on any atom is 0.191 e. The molecule has 2 heterocycles. The van der Waals surface area contributed by atoms with Gasteiger partial charge < -0.3 is 24.5 Å². The molecule has 0 aliphatic carbocycles. The Morgan fingerprint density at radius 3 is 2.65 bits per heavy atom. The molecular formula is C24H36N4O3. The molecule has 3 rings (SSSR count). The maximum atomic E-state index is 5.96. The maximum absolute atomic E-state index is 5.96. The summed E-state index contributed by atoms with van der Waals surface area (Å²) in [5, 5.41) is 6.82. The van der Waals surface area contributed by atoms with Crippen LogP contribution in [0.15, 0.2) is 39.7 Å². The fourth-order valence-electron chi connectivity index (χ4n) is 3.84. The summed E-state index contributed by atoms with van der Waals surface area (Å²) in [4.78, 5) is 7.28. The van der Waals surface area contributed by atoms with E-state index in [9.17, 15) is 0 Å². The molecule has 0 spiro atoms. The van der Waals surface area contributed by atoms with E-state index in [4.69, 9.17) is 18.9 Å². The number of aliphatic imine (C=N–C) groups is 1. The second-order valence-electron chi connectivity index (χ2n) is 7.82. The minimum absolute atomic E-state index is 0.102. The number of guanidine groups is 1. The van der Waals surface area contributed by atoms with Gasteiger partial charge in [-0.15, -0.1) is 0 Å². The number of ether oxygens (including phenoxy) is 2. The van der Waals surface area contributed by atoms with Crippen LogP contribution in [0.25, 0.3) is 0 Å². The third-order valence-electron chi connectivity index (χ3n) is 5.47. The van der Waals surface area contributed by atoms with E-state index in [1.54, 1.807) is 7.11 Å². The highest BCUT2D eigenvalue weighted by Crippen LogP contribution is 2.24. The quantitative estimate of drug-likeness (QED) is 0.473. The number of hydrogen-bond acceptors (Lipinski definition) is 5. The van der Waals surface area contributed by atoms with Gasteiger partial charge in [-0.3, -0.25) is 9.89 Å². The molecule has 1 saturated heterocycles. The standard InChI is InChI=1S/C24H36N4O3/c1-5-25-24(26-11-10-20-16-18(2)6-8-22(20)29-4)27-17-21(23-9-7-19(3)31-23)28-12-14-30-15-13-28/h6-9,16,21H,5,10-15,17H2,1-4H3,(H2,25,26,27). The van der Waals surface area contributed by atoms with Gasteiger partial charge in [-0.05, 0) is 51.0 Å². The van der Waals surface area contributed by atoms with Crippen LogP contribution in [0.5, 0.6) is 5.75 Å². The van der Waals surface area contributed by atoms with Gasteiger partial charge >= 0.3 is 0 Å². The molecule has 0 bridgehead atoms. The zero-order valence-corrected chi connectivity index (χ0v) is 19.2. The predicted octanol–water partition coefficient (Wildman–Crippen LogP) is 3.08. The Morgan fingerprint density at radius 2 is 1.97 bits per heavy atom. The minimum atomic E-state index is 0.102. The van der Waals surface area contributed by atoms with Crippen molar-refractivity contribution in [1.82, 2.24) is 15.5 Å². The number of nitrogens with zero attached hydrogens (tertiary/aromatic N) is 2. The highest BCUT2D eigenvalue weighted by Gasteiger charge is 2.25. The van der Waals surface area contributed by atoms with Crippen molar-refractivity contribution in [3.63, 3.8) is 0 Å². The molecule has 1 aromatic heterocycles. The molecule has 0 radical (unpaired) electrons. The Labute approximate surface area is 185 Å². The number of methoxy groups -OCH3 is 1. The topological polar surface area (TPSA) is 71.3 Å². The molecule has 1 aliphatic rings. The first kappa shape index (κ1) is 23.2. The second kappa shape index (κ2) is 11.8. The molecule has 0 amide bonds. The van der Waals surface area contributed by atoms with E-state index in [0.717, 1.165) is 69.0 Å². The van der Waals surface area contributed by atoms with Crippen molar-refractivity contribution < 1.29 is 13.9 Å². The SMILES string of the molecule is CCNC(=NCC(c1ccc(C)o1)N1CCOCC1)NCCc1cc(C)ccc1OC. The van der Waals surface area contributed by atoms with Crippen molar-refractivity contribution in [3.05, 3.63) is 53.0 Å². The number of morpholine rings is 1. The molecule has 1 aromatic carbocycles. The second-order valence-corrected chi connectivity index (χ2v) is 7.82. The minimum Gasteiger partial charge on any atom is -0.496 e. The van der Waals surface area contributed by atoms with Crippen LogP contribution in [-0.4, -0.2) is 63.9 Å². The molecule has 7 heteroatoms. The first-order valence-electron chi connectivity index (χ1n) is 11.1. The lowest BCUT2D eigenvalue weighted by atomic mass is 10.1. The third kappa shape index (κ3) is 6.74. The van der Waals surface area contributed by atoms with Gasteiger partial charge in [0.15, 0.2) is 5.96 Å². The smallest absolute Gasteiger partial charge is 0.191 e. The number of rotatable bonds is 9. The molecule has 0 saturated carbocycles. The number of hydrogen-bond donors (Lipinski definition) is 2. The van der Waals surface area contributed by atoms with Gasteiger partial charge in [0, 0.05) is 26.2 Å². The van der Waals surface area contributed by atoms with E-state index in [2.05, 4.69) is 47.6 Å². The van der Waals surface area contributed by atoms with Gasteiger partial charge in [0.1, 0.15) is 17.3 Å². The number of benzene rings is 1. The first-order valence-corrected chi connectivity index (χ1v) is 11.1. The summed E-state index contributed by atoms with van der Waals surface area (Å²) in [5.74, 6) is 3.63. The summed E-state index contributed by atoms with van der Waals surface area (Å²) >= 11 is 0. The summed E-state index contributed by atoms with van der Waals surface area (Å²) in [6, 6.07) is 10.5. The lowest BCUT2D eigenvalue weighted by Gasteiger charge is -2.32. The van der Waals surface area contributed by atoms with Crippen LogP contribution in [0, 0.1) is 13.8 Å². The highest BCUT2D eigenvalue weighted by atomic mass is 16.5. The van der Waals surface area contributed by atoms with Crippen molar-refractivity contribution >= 4 is 5.96 Å². The van der Waals surface area contributed by atoms with Crippen LogP contribution in [-0.2, 0) is 11.2 Å². The molecule has 170 valence electrons. The Balaban J connectivity index is 1.65. The van der Waals surface area contributed by atoms with Gasteiger partial charge in [0.2, 0.25) is 0 Å². The molecule has 1 fully saturated rings. The van der Waals surface area contributed by atoms with E-state index in [-0.39, 0.29) is 6.04 Å². The summed E-state index contributed by atoms with van der Waals surface area (Å²) in [7, 11) is 1.72. The number of nitrogens with one attached hydrogen (secondary N) is 2. The van der Waals surface area contributed by atoms with Crippen LogP contribution >= 0.6 is 0 Å². The van der Waals surface area contributed by atoms with Gasteiger partial charge in [-0.1, -0.05) is 17.7 Å². The molecular weight excluding hydrogens is 392 g/mol. The van der Waals surface area contributed by atoms with Crippen molar-refractivity contribution in [2.45, 2.75) is 33.2 Å². The fraction of sp³-hybridized carbons (Fsp3) is 0.542. The summed E-state index contributed by atoms with van der Waals surface area (Å²) in [6.07, 6.45) is 0.861. The van der Waals surface area contributed by atoms with Crippen LogP contribution in [0.4, 0.5) is 0 Å². The fourth-order valence-corrected chi connectivity index (χ4v) is 3.84. The van der Waals surface area contributed by atoms with Crippen molar-refractivity contribution in [2.24, 2.45) is 4.99 Å². The average Bonchev–Trinajstić information content (AvgIpc) is 3.20. The number of aryl methyl sites for hydroxylation is 2. The monoisotopic (exact) mass is 428 g/mol. The largest absolute Gasteiger partial charge is 0.496 e. The zero-order chi connectivity index (χ0) is 22.1. The van der Waals surface area contributed by atoms with Crippen molar-refractivity contribution in [1.29, 1.82) is 0 Å². The molecule has 2 N–H and O–H groups in total. The summed E-state index contributed by atoms with van der Waals surface area (Å²) in [5.41, 5.74) is 2.43. The molecule has 1 unspecified atom stereocenters. The molecule has 1 aliphatic heterocycles. The Hall–Kier alpha value is -2.51. The normalized spacial score (nSPS) is 16.2. The average molecular weight is 429 g/mol. The summed E-state index contributed by atoms with van der Waals surface area (Å²) in [6.45, 7) is 11.6. The van der Waals surface area contributed by atoms with E-state index in [0.29, 0.717) is 6.54 Å². The van der Waals surface area contributed by atoms with E-state index >= 15 is 0 Å². The Kier molecular flexibility index (Phi) is 8.79. The molecule has 2 aromatic rings. The highest BCUT2D eigenvalue weighted by molar-refractivity contribution is 5.79. The Bertz CT molecular complexity index is 843. The van der Waals surface area contributed by atoms with Crippen LogP contribution < -0.4 is 15.4 Å². The molecule has 7 nitrogen and oxygen atoms in total. The van der Waals surface area contributed by atoms with Gasteiger partial charge in [0.25, 0.3) is 0 Å². The van der Waals surface area contributed by atoms with E-state index < -0.39 is 0 Å². The Morgan fingerprint density at radius 1 is 1.16 bits per heavy atom. The van der Waals surface area contributed by atoms with Crippen LogP contribution in [0.3, 0.4) is 0 Å². The predicted molar refractivity (Wildman–Crippen MR) is 124 cm³/mol. The van der Waals surface area contributed by atoms with Crippen molar-refractivity contribution in [3.8, 4) is 5.75 Å². The van der Waals surface area contributed by atoms with E-state index in [1.165, 1.54) is 11.1 Å². The zero-order valence-electron chi connectivity index (χ0n) is 19.2. The molecule has 31 heavy (non-hydrogen) atoms. The molecule has 1 atom stereocenters. The van der Waals surface area contributed by atoms with Gasteiger partial charge in [-0.25, -0.2) is 0 Å². The van der Waals surface area contributed by atoms with Gasteiger partial charge in [-0.2, -0.15) is 0 Å². The van der Waals surface area contributed by atoms with Crippen LogP contribution in [0.1, 0.15) is 35.6 Å². The summed E-state index contributed by atoms with van der Waals surface area (Å²) < 4.78 is 17.0. The number of furan rings is 1. The van der Waals surface area contributed by atoms with Crippen molar-refractivity contribution in [2.75, 3.05) is 53.0 Å². The first-order chi connectivity index (χ1) is 15.1. The lowest BCUT2D eigenvalue weighted by Crippen LogP contribution is -2.42. The van der Waals surface area contributed by atoms with Gasteiger partial charge in [0.05, 0.1) is 32.9 Å².